The number of hydrogen-bond donors (Lipinski definition) is 2. The summed E-state index contributed by atoms with van der Waals surface area (Å²) in [7, 11) is 3.35. The van der Waals surface area contributed by atoms with Crippen LogP contribution in [0.2, 0.25) is 0 Å². The number of aromatic nitrogens is 2. The standard InChI is InChI=1S/C39H56N8O6/c1-8-18-46(38(50)53-39(3,4)5)22-24-52-23-21-45-19-16-28(17-20-45)41-35(48)27-14-15-30(33(25-27)51-7)42-37-40-26-32-34(43-37)47(29-12-10-11-13-29)31(9-2)36(49)44(32)6/h1,14-15,25-26,28-29,31H,9-13,16-24H2,2-7H3,(H,41,48)(H,40,42,43)/t31-/m1/s1. The van der Waals surface area contributed by atoms with Gasteiger partial charge in [-0.05, 0) is 71.1 Å². The summed E-state index contributed by atoms with van der Waals surface area (Å²) in [5.74, 6) is 4.06. The quantitative estimate of drug-likeness (QED) is 0.204. The molecule has 1 aromatic carbocycles. The minimum absolute atomic E-state index is 0.0540. The molecule has 14 nitrogen and oxygen atoms in total. The average molecular weight is 733 g/mol. The van der Waals surface area contributed by atoms with E-state index in [1.807, 2.05) is 27.7 Å². The second-order valence-electron chi connectivity index (χ2n) is 14.9. The maximum atomic E-state index is 13.3. The SMILES string of the molecule is C#CCN(CCOCCN1CCC(NC(=O)c2ccc(Nc3ncc4c(n3)N(C3CCCC3)[C@H](CC)C(=O)N4C)c(OC)c2)CC1)C(=O)OC(C)(C)C. The summed E-state index contributed by atoms with van der Waals surface area (Å²) in [6, 6.07) is 5.36. The number of methoxy groups -OCH3 is 1. The first-order valence-corrected chi connectivity index (χ1v) is 18.8. The highest BCUT2D eigenvalue weighted by molar-refractivity contribution is 6.04. The predicted molar refractivity (Wildman–Crippen MR) is 205 cm³/mol. The fraction of sp³-hybridized carbons (Fsp3) is 0.615. The molecule has 1 saturated carbocycles. The van der Waals surface area contributed by atoms with Crippen LogP contribution in [0.3, 0.4) is 0 Å². The van der Waals surface area contributed by atoms with Gasteiger partial charge in [-0.15, -0.1) is 6.42 Å². The fourth-order valence-electron chi connectivity index (χ4n) is 7.21. The second-order valence-corrected chi connectivity index (χ2v) is 14.9. The first-order chi connectivity index (χ1) is 25.4. The van der Waals surface area contributed by atoms with E-state index >= 15 is 0 Å². The average Bonchev–Trinajstić information content (AvgIpc) is 3.67. The summed E-state index contributed by atoms with van der Waals surface area (Å²) in [6.07, 6.45) is 13.4. The minimum atomic E-state index is -0.594. The van der Waals surface area contributed by atoms with Gasteiger partial charge in [0.1, 0.15) is 23.1 Å². The van der Waals surface area contributed by atoms with Crippen LogP contribution in [0.15, 0.2) is 24.4 Å². The van der Waals surface area contributed by atoms with Gasteiger partial charge < -0.3 is 39.5 Å². The van der Waals surface area contributed by atoms with Crippen LogP contribution in [0.25, 0.3) is 0 Å². The van der Waals surface area contributed by atoms with Crippen LogP contribution in [0, 0.1) is 12.3 Å². The van der Waals surface area contributed by atoms with Crippen molar-refractivity contribution < 1.29 is 28.6 Å². The lowest BCUT2D eigenvalue weighted by molar-refractivity contribution is -0.120. The number of carbonyl (C=O) groups is 3. The van der Waals surface area contributed by atoms with Crippen LogP contribution < -0.4 is 25.2 Å². The molecule has 1 saturated heterocycles. The largest absolute Gasteiger partial charge is 0.495 e. The van der Waals surface area contributed by atoms with Crippen molar-refractivity contribution in [1.82, 2.24) is 25.1 Å². The van der Waals surface area contributed by atoms with E-state index in [-0.39, 0.29) is 36.5 Å². The monoisotopic (exact) mass is 732 g/mol. The topological polar surface area (TPSA) is 142 Å². The van der Waals surface area contributed by atoms with Gasteiger partial charge in [0, 0.05) is 50.9 Å². The molecule has 5 rings (SSSR count). The van der Waals surface area contributed by atoms with Crippen LogP contribution in [0.5, 0.6) is 5.75 Å². The van der Waals surface area contributed by atoms with Gasteiger partial charge in [0.25, 0.3) is 5.91 Å². The van der Waals surface area contributed by atoms with Crippen molar-refractivity contribution in [3.63, 3.8) is 0 Å². The Labute approximate surface area is 313 Å². The third kappa shape index (κ3) is 10.1. The van der Waals surface area contributed by atoms with E-state index in [0.717, 1.165) is 64.0 Å². The van der Waals surface area contributed by atoms with Crippen molar-refractivity contribution in [2.75, 3.05) is 75.2 Å². The number of ether oxygens (including phenoxy) is 3. The molecule has 2 fully saturated rings. The van der Waals surface area contributed by atoms with Crippen LogP contribution in [-0.2, 0) is 14.3 Å². The summed E-state index contributed by atoms with van der Waals surface area (Å²) in [5.41, 5.74) is 1.24. The lowest BCUT2D eigenvalue weighted by Gasteiger charge is -2.43. The molecular weight excluding hydrogens is 676 g/mol. The van der Waals surface area contributed by atoms with Crippen molar-refractivity contribution in [1.29, 1.82) is 0 Å². The lowest BCUT2D eigenvalue weighted by atomic mass is 10.0. The van der Waals surface area contributed by atoms with E-state index < -0.39 is 11.7 Å². The molecule has 14 heteroatoms. The summed E-state index contributed by atoms with van der Waals surface area (Å²) in [5, 5.41) is 6.47. The third-order valence-corrected chi connectivity index (χ3v) is 10.0. The smallest absolute Gasteiger partial charge is 0.411 e. The van der Waals surface area contributed by atoms with Crippen LogP contribution >= 0.6 is 0 Å². The molecule has 1 aliphatic carbocycles. The van der Waals surface area contributed by atoms with Crippen molar-refractivity contribution in [2.24, 2.45) is 0 Å². The second kappa shape index (κ2) is 17.9. The molecule has 0 radical (unpaired) electrons. The number of rotatable bonds is 14. The normalized spacial score (nSPS) is 18.4. The maximum absolute atomic E-state index is 13.3. The molecule has 0 spiro atoms. The van der Waals surface area contributed by atoms with E-state index in [4.69, 9.17) is 25.6 Å². The number of fused-ring (bicyclic) bond motifs is 1. The van der Waals surface area contributed by atoms with Gasteiger partial charge in [-0.2, -0.15) is 4.98 Å². The van der Waals surface area contributed by atoms with Crippen molar-refractivity contribution in [3.8, 4) is 18.1 Å². The molecule has 0 unspecified atom stereocenters. The molecule has 3 heterocycles. The van der Waals surface area contributed by atoms with Gasteiger partial charge in [-0.1, -0.05) is 25.7 Å². The molecule has 53 heavy (non-hydrogen) atoms. The van der Waals surface area contributed by atoms with Crippen LogP contribution in [-0.4, -0.2) is 121 Å². The first kappa shape index (κ1) is 39.6. The number of carbonyl (C=O) groups excluding carboxylic acids is 3. The highest BCUT2D eigenvalue weighted by atomic mass is 16.6. The van der Waals surface area contributed by atoms with E-state index in [1.165, 1.54) is 4.90 Å². The van der Waals surface area contributed by atoms with Crippen molar-refractivity contribution in [3.05, 3.63) is 30.0 Å². The Morgan fingerprint density at radius 1 is 1.11 bits per heavy atom. The number of nitrogens with one attached hydrogen (secondary N) is 2. The van der Waals surface area contributed by atoms with Crippen LogP contribution in [0.4, 0.5) is 27.9 Å². The Bertz CT molecular complexity index is 1630. The molecule has 2 aromatic rings. The van der Waals surface area contributed by atoms with E-state index in [2.05, 4.69) is 31.3 Å². The van der Waals surface area contributed by atoms with Gasteiger partial charge in [-0.25, -0.2) is 9.78 Å². The Balaban J connectivity index is 1.11. The lowest BCUT2D eigenvalue weighted by Crippen LogP contribution is -2.55. The van der Waals surface area contributed by atoms with Gasteiger partial charge in [0.2, 0.25) is 11.9 Å². The maximum Gasteiger partial charge on any atom is 0.411 e. The van der Waals surface area contributed by atoms with E-state index in [9.17, 15) is 14.4 Å². The van der Waals surface area contributed by atoms with Gasteiger partial charge in [-0.3, -0.25) is 14.5 Å². The zero-order valence-corrected chi connectivity index (χ0v) is 32.2. The Hall–Kier alpha value is -4.61. The predicted octanol–water partition coefficient (Wildman–Crippen LogP) is 4.81. The highest BCUT2D eigenvalue weighted by Crippen LogP contribution is 2.40. The molecule has 1 aromatic heterocycles. The van der Waals surface area contributed by atoms with E-state index in [1.54, 1.807) is 43.5 Å². The fourth-order valence-corrected chi connectivity index (χ4v) is 7.21. The van der Waals surface area contributed by atoms with Gasteiger partial charge in [0.15, 0.2) is 5.82 Å². The van der Waals surface area contributed by atoms with Crippen molar-refractivity contribution >= 4 is 41.0 Å². The number of amides is 3. The number of piperidine rings is 1. The molecule has 2 aliphatic heterocycles. The summed E-state index contributed by atoms with van der Waals surface area (Å²) >= 11 is 0. The first-order valence-electron chi connectivity index (χ1n) is 18.8. The number of anilines is 4. The molecule has 2 N–H and O–H groups in total. The Morgan fingerprint density at radius 2 is 1.85 bits per heavy atom. The third-order valence-electron chi connectivity index (χ3n) is 10.0. The summed E-state index contributed by atoms with van der Waals surface area (Å²) < 4.78 is 16.9. The summed E-state index contributed by atoms with van der Waals surface area (Å²) in [6.45, 7) is 11.3. The van der Waals surface area contributed by atoms with E-state index in [0.29, 0.717) is 54.8 Å². The molecule has 3 amide bonds. The molecule has 288 valence electrons. The zero-order valence-electron chi connectivity index (χ0n) is 32.2. The zero-order chi connectivity index (χ0) is 38.1. The van der Waals surface area contributed by atoms with Gasteiger partial charge in [0.05, 0.1) is 38.8 Å². The number of hydrogen-bond acceptors (Lipinski definition) is 11. The molecule has 3 aliphatic rings. The number of likely N-dealkylation sites (tertiary alicyclic amines) is 1. The highest BCUT2D eigenvalue weighted by Gasteiger charge is 2.41. The minimum Gasteiger partial charge on any atom is -0.495 e. The number of likely N-dealkylation sites (N-methyl/N-ethyl adjacent to an activating group) is 1. The van der Waals surface area contributed by atoms with Crippen molar-refractivity contribution in [2.45, 2.75) is 96.4 Å². The number of terminal acetylenes is 1. The Morgan fingerprint density at radius 3 is 2.51 bits per heavy atom. The Kier molecular flexibility index (Phi) is 13.4. The van der Waals surface area contributed by atoms with Crippen LogP contribution in [0.1, 0.15) is 83.0 Å². The number of nitrogens with zero attached hydrogens (tertiary/aromatic N) is 6. The molecule has 1 atom stereocenters. The number of benzene rings is 1. The summed E-state index contributed by atoms with van der Waals surface area (Å²) in [4.78, 5) is 56.1. The molecule has 0 bridgehead atoms. The van der Waals surface area contributed by atoms with Gasteiger partial charge >= 0.3 is 6.09 Å². The molecular formula is C39H56N8O6.